The minimum atomic E-state index is -0.644. The largest absolute Gasteiger partial charge is 0.386 e. The van der Waals surface area contributed by atoms with Gasteiger partial charge in [0, 0.05) is 17.5 Å². The molecule has 0 bridgehead atoms. The Labute approximate surface area is 116 Å². The maximum Gasteiger partial charge on any atom is 0.244 e. The van der Waals surface area contributed by atoms with E-state index in [1.54, 1.807) is 6.08 Å². The maximum absolute atomic E-state index is 11.6. The standard InChI is InChI=1S/C15H15NO2S/c17-13(14-7-4-10-19-14)11-16-15(18)9-8-12-5-2-1-3-6-12/h1-10,13,17H,11H2,(H,16,18). The number of hydrogen-bond donors (Lipinski definition) is 2. The summed E-state index contributed by atoms with van der Waals surface area (Å²) in [4.78, 5) is 12.4. The van der Waals surface area contributed by atoms with Crippen LogP contribution in [0.2, 0.25) is 0 Å². The van der Waals surface area contributed by atoms with Crippen molar-refractivity contribution >= 4 is 23.3 Å². The molecule has 0 saturated heterocycles. The molecule has 98 valence electrons. The smallest absolute Gasteiger partial charge is 0.244 e. The average molecular weight is 273 g/mol. The Morgan fingerprint density at radius 2 is 2.05 bits per heavy atom. The van der Waals surface area contributed by atoms with E-state index in [1.165, 1.54) is 17.4 Å². The van der Waals surface area contributed by atoms with Crippen LogP contribution in [-0.4, -0.2) is 17.6 Å². The highest BCUT2D eigenvalue weighted by Gasteiger charge is 2.08. The molecule has 0 aliphatic rings. The van der Waals surface area contributed by atoms with Gasteiger partial charge in [-0.1, -0.05) is 36.4 Å². The SMILES string of the molecule is O=C(C=Cc1ccccc1)NCC(O)c1cccs1. The maximum atomic E-state index is 11.6. The van der Waals surface area contributed by atoms with Gasteiger partial charge in [-0.25, -0.2) is 0 Å². The topological polar surface area (TPSA) is 49.3 Å². The summed E-state index contributed by atoms with van der Waals surface area (Å²) in [6.07, 6.45) is 2.57. The van der Waals surface area contributed by atoms with Gasteiger partial charge in [-0.15, -0.1) is 11.3 Å². The summed E-state index contributed by atoms with van der Waals surface area (Å²) in [5.41, 5.74) is 0.969. The van der Waals surface area contributed by atoms with Gasteiger partial charge in [0.1, 0.15) is 6.10 Å². The molecule has 1 aromatic heterocycles. The summed E-state index contributed by atoms with van der Waals surface area (Å²) in [6, 6.07) is 13.3. The second-order valence-corrected chi connectivity index (χ2v) is 5.00. The Morgan fingerprint density at radius 1 is 1.26 bits per heavy atom. The van der Waals surface area contributed by atoms with Crippen molar-refractivity contribution in [2.75, 3.05) is 6.54 Å². The predicted octanol–water partition coefficient (Wildman–Crippen LogP) is 2.61. The lowest BCUT2D eigenvalue weighted by Gasteiger charge is -2.08. The Kier molecular flexibility index (Phi) is 4.89. The van der Waals surface area contributed by atoms with E-state index in [4.69, 9.17) is 0 Å². The molecule has 4 heteroatoms. The first kappa shape index (κ1) is 13.5. The number of rotatable bonds is 5. The van der Waals surface area contributed by atoms with Crippen molar-refractivity contribution in [3.63, 3.8) is 0 Å². The third-order valence-corrected chi connectivity index (χ3v) is 3.54. The number of thiophene rings is 1. The van der Waals surface area contributed by atoms with Crippen molar-refractivity contribution < 1.29 is 9.90 Å². The molecule has 1 heterocycles. The molecule has 2 rings (SSSR count). The normalized spacial score (nSPS) is 12.5. The van der Waals surface area contributed by atoms with Crippen molar-refractivity contribution in [2.45, 2.75) is 6.10 Å². The fraction of sp³-hybridized carbons (Fsp3) is 0.133. The van der Waals surface area contributed by atoms with Crippen LogP contribution in [0, 0.1) is 0 Å². The fourth-order valence-corrected chi connectivity index (χ4v) is 2.29. The molecule has 0 saturated carbocycles. The van der Waals surface area contributed by atoms with E-state index in [9.17, 15) is 9.90 Å². The molecule has 19 heavy (non-hydrogen) atoms. The Balaban J connectivity index is 1.80. The highest BCUT2D eigenvalue weighted by Crippen LogP contribution is 2.17. The zero-order valence-corrected chi connectivity index (χ0v) is 11.1. The van der Waals surface area contributed by atoms with Gasteiger partial charge >= 0.3 is 0 Å². The van der Waals surface area contributed by atoms with Gasteiger partial charge in [0.25, 0.3) is 0 Å². The zero-order chi connectivity index (χ0) is 13.5. The first-order chi connectivity index (χ1) is 9.25. The van der Waals surface area contributed by atoms with Gasteiger partial charge in [0.15, 0.2) is 0 Å². The molecular weight excluding hydrogens is 258 g/mol. The summed E-state index contributed by atoms with van der Waals surface area (Å²) in [5.74, 6) is -0.209. The van der Waals surface area contributed by atoms with E-state index >= 15 is 0 Å². The van der Waals surface area contributed by atoms with Crippen LogP contribution in [0.25, 0.3) is 6.08 Å². The Morgan fingerprint density at radius 3 is 2.74 bits per heavy atom. The second kappa shape index (κ2) is 6.87. The van der Waals surface area contributed by atoms with E-state index in [0.717, 1.165) is 10.4 Å². The third-order valence-electron chi connectivity index (χ3n) is 2.57. The lowest BCUT2D eigenvalue weighted by molar-refractivity contribution is -0.116. The third kappa shape index (κ3) is 4.35. The lowest BCUT2D eigenvalue weighted by atomic mass is 10.2. The van der Waals surface area contributed by atoms with Crippen molar-refractivity contribution in [2.24, 2.45) is 0 Å². The van der Waals surface area contributed by atoms with Crippen molar-refractivity contribution in [1.29, 1.82) is 0 Å². The summed E-state index contributed by atoms with van der Waals surface area (Å²) < 4.78 is 0. The minimum absolute atomic E-state index is 0.209. The average Bonchev–Trinajstić information content (AvgIpc) is 2.98. The van der Waals surface area contributed by atoms with Gasteiger partial charge in [-0.2, -0.15) is 0 Å². The number of benzene rings is 1. The summed E-state index contributed by atoms with van der Waals surface area (Å²) in [6.45, 7) is 0.221. The molecule has 1 aromatic carbocycles. The number of carbonyl (C=O) groups excluding carboxylic acids is 1. The number of aliphatic hydroxyl groups is 1. The van der Waals surface area contributed by atoms with Gasteiger partial charge in [-0.3, -0.25) is 4.79 Å². The van der Waals surface area contributed by atoms with Gasteiger partial charge in [-0.05, 0) is 23.1 Å². The van der Waals surface area contributed by atoms with Crippen LogP contribution >= 0.6 is 11.3 Å². The molecular formula is C15H15NO2S. The van der Waals surface area contributed by atoms with E-state index < -0.39 is 6.10 Å². The fourth-order valence-electron chi connectivity index (χ4n) is 1.57. The molecule has 1 unspecified atom stereocenters. The van der Waals surface area contributed by atoms with Crippen LogP contribution in [0.1, 0.15) is 16.5 Å². The number of amides is 1. The zero-order valence-electron chi connectivity index (χ0n) is 10.3. The van der Waals surface area contributed by atoms with Crippen LogP contribution in [0.3, 0.4) is 0 Å². The van der Waals surface area contributed by atoms with E-state index in [0.29, 0.717) is 0 Å². The molecule has 0 spiro atoms. The van der Waals surface area contributed by atoms with Gasteiger partial charge in [0.05, 0.1) is 0 Å². The summed E-state index contributed by atoms with van der Waals surface area (Å²) in [5, 5.41) is 14.4. The minimum Gasteiger partial charge on any atom is -0.386 e. The molecule has 0 radical (unpaired) electrons. The number of hydrogen-bond acceptors (Lipinski definition) is 3. The van der Waals surface area contributed by atoms with Gasteiger partial charge < -0.3 is 10.4 Å². The molecule has 3 nitrogen and oxygen atoms in total. The first-order valence-electron chi connectivity index (χ1n) is 5.98. The van der Waals surface area contributed by atoms with Gasteiger partial charge in [0.2, 0.25) is 5.91 Å². The predicted molar refractivity (Wildman–Crippen MR) is 77.8 cm³/mol. The molecule has 0 fully saturated rings. The van der Waals surface area contributed by atoms with E-state index in [2.05, 4.69) is 5.32 Å². The number of carbonyl (C=O) groups is 1. The molecule has 0 aliphatic carbocycles. The molecule has 2 aromatic rings. The van der Waals surface area contributed by atoms with E-state index in [1.807, 2.05) is 47.8 Å². The molecule has 0 aliphatic heterocycles. The van der Waals surface area contributed by atoms with Crippen molar-refractivity contribution in [3.8, 4) is 0 Å². The summed E-state index contributed by atoms with van der Waals surface area (Å²) in [7, 11) is 0. The van der Waals surface area contributed by atoms with E-state index in [-0.39, 0.29) is 12.5 Å². The molecule has 1 amide bonds. The van der Waals surface area contributed by atoms with Crippen LogP contribution in [-0.2, 0) is 4.79 Å². The highest BCUT2D eigenvalue weighted by molar-refractivity contribution is 7.10. The van der Waals surface area contributed by atoms with Crippen LogP contribution in [0.5, 0.6) is 0 Å². The second-order valence-electron chi connectivity index (χ2n) is 4.02. The Bertz CT molecular complexity index is 535. The van der Waals surface area contributed by atoms with Crippen molar-refractivity contribution in [1.82, 2.24) is 5.32 Å². The first-order valence-corrected chi connectivity index (χ1v) is 6.86. The van der Waals surface area contributed by atoms with Crippen molar-refractivity contribution in [3.05, 3.63) is 64.4 Å². The Hall–Kier alpha value is -1.91. The number of nitrogens with one attached hydrogen (secondary N) is 1. The quantitative estimate of drug-likeness (QED) is 0.823. The van der Waals surface area contributed by atoms with Crippen LogP contribution in [0.15, 0.2) is 53.9 Å². The highest BCUT2D eigenvalue weighted by atomic mass is 32.1. The van der Waals surface area contributed by atoms with Crippen LogP contribution in [0.4, 0.5) is 0 Å². The monoisotopic (exact) mass is 273 g/mol. The van der Waals surface area contributed by atoms with Crippen LogP contribution < -0.4 is 5.32 Å². The summed E-state index contributed by atoms with van der Waals surface area (Å²) >= 11 is 1.47. The lowest BCUT2D eigenvalue weighted by Crippen LogP contribution is -2.26. The molecule has 1 atom stereocenters. The molecule has 2 N–H and O–H groups in total. The number of aliphatic hydroxyl groups excluding tert-OH is 1.